The van der Waals surface area contributed by atoms with Gasteiger partial charge in [0.05, 0.1) is 11.0 Å². The highest BCUT2D eigenvalue weighted by atomic mass is 32.2. The van der Waals surface area contributed by atoms with E-state index in [1.54, 1.807) is 41.6 Å². The number of pyridine rings is 1. The van der Waals surface area contributed by atoms with E-state index in [-0.39, 0.29) is 17.5 Å². The molecular weight excluding hydrogens is 404 g/mol. The maximum atomic E-state index is 12.7. The predicted octanol–water partition coefficient (Wildman–Crippen LogP) is 1.49. The van der Waals surface area contributed by atoms with Crippen LogP contribution in [0.15, 0.2) is 47.6 Å². The quantitative estimate of drug-likeness (QED) is 0.748. The Balaban J connectivity index is 1.28. The molecule has 0 saturated carbocycles. The fourth-order valence-electron chi connectivity index (χ4n) is 3.91. The Kier molecular flexibility index (Phi) is 6.03. The lowest BCUT2D eigenvalue weighted by Crippen LogP contribution is -2.42. The average Bonchev–Trinajstić information content (AvgIpc) is 3.18. The number of nitrogens with one attached hydrogen (secondary N) is 1. The van der Waals surface area contributed by atoms with E-state index >= 15 is 0 Å². The summed E-state index contributed by atoms with van der Waals surface area (Å²) in [6, 6.07) is 8.56. The molecule has 2 aromatic rings. The maximum Gasteiger partial charge on any atom is 0.318 e. The molecular formula is C21H26N4O4S. The van der Waals surface area contributed by atoms with Crippen molar-refractivity contribution in [2.45, 2.75) is 43.4 Å². The summed E-state index contributed by atoms with van der Waals surface area (Å²) in [7, 11) is -3.59. The van der Waals surface area contributed by atoms with Crippen molar-refractivity contribution < 1.29 is 18.3 Å². The van der Waals surface area contributed by atoms with Crippen LogP contribution in [0.4, 0.5) is 4.79 Å². The Hall–Kier alpha value is -2.49. The van der Waals surface area contributed by atoms with E-state index in [1.165, 1.54) is 4.31 Å². The Labute approximate surface area is 176 Å². The van der Waals surface area contributed by atoms with Crippen LogP contribution >= 0.6 is 0 Å². The largest absolute Gasteiger partial charge is 0.392 e. The van der Waals surface area contributed by atoms with E-state index in [0.717, 1.165) is 16.7 Å². The van der Waals surface area contributed by atoms with Crippen LogP contribution in [0, 0.1) is 0 Å². The van der Waals surface area contributed by atoms with E-state index in [1.807, 2.05) is 6.07 Å². The number of carbonyl (C=O) groups excluding carboxylic acids is 1. The molecule has 1 fully saturated rings. The molecule has 2 aliphatic heterocycles. The van der Waals surface area contributed by atoms with Crippen LogP contribution in [0.25, 0.3) is 0 Å². The molecule has 9 heteroatoms. The lowest BCUT2D eigenvalue weighted by molar-refractivity contribution is 0.108. The molecule has 1 aromatic heterocycles. The molecule has 30 heavy (non-hydrogen) atoms. The third-order valence-corrected chi connectivity index (χ3v) is 7.50. The molecule has 2 aliphatic rings. The second-order valence-corrected chi connectivity index (χ2v) is 9.72. The number of nitrogens with zero attached hydrogens (tertiary/aromatic N) is 3. The summed E-state index contributed by atoms with van der Waals surface area (Å²) in [6.45, 7) is 2.19. The van der Waals surface area contributed by atoms with Crippen molar-refractivity contribution in [1.29, 1.82) is 0 Å². The van der Waals surface area contributed by atoms with Gasteiger partial charge in [-0.25, -0.2) is 13.2 Å². The van der Waals surface area contributed by atoms with Gasteiger partial charge in [-0.05, 0) is 54.2 Å². The van der Waals surface area contributed by atoms with Gasteiger partial charge in [-0.2, -0.15) is 4.31 Å². The lowest BCUT2D eigenvalue weighted by Gasteiger charge is -2.29. The minimum Gasteiger partial charge on any atom is -0.392 e. The molecule has 1 aromatic carbocycles. The number of hydrogen-bond donors (Lipinski definition) is 2. The van der Waals surface area contributed by atoms with E-state index in [0.29, 0.717) is 45.4 Å². The summed E-state index contributed by atoms with van der Waals surface area (Å²) < 4.78 is 26.8. The number of urea groups is 1. The van der Waals surface area contributed by atoms with Crippen LogP contribution in [0.5, 0.6) is 0 Å². The minimum absolute atomic E-state index is 0.117. The molecule has 0 unspecified atom stereocenters. The van der Waals surface area contributed by atoms with E-state index in [4.69, 9.17) is 0 Å². The molecule has 160 valence electrons. The number of rotatable bonds is 5. The van der Waals surface area contributed by atoms with Crippen molar-refractivity contribution in [3.8, 4) is 0 Å². The number of carbonyl (C=O) groups is 1. The van der Waals surface area contributed by atoms with Crippen molar-refractivity contribution in [2.75, 3.05) is 19.6 Å². The fraction of sp³-hybridized carbons (Fsp3) is 0.429. The average molecular weight is 431 g/mol. The smallest absolute Gasteiger partial charge is 0.318 e. The van der Waals surface area contributed by atoms with E-state index < -0.39 is 16.1 Å². The number of aliphatic hydroxyl groups is 1. The lowest BCUT2D eigenvalue weighted by atomic mass is 10.1. The Bertz CT molecular complexity index is 985. The molecule has 3 heterocycles. The first-order chi connectivity index (χ1) is 14.4. The summed E-state index contributed by atoms with van der Waals surface area (Å²) >= 11 is 0. The van der Waals surface area contributed by atoms with Crippen LogP contribution in [0.3, 0.4) is 0 Å². The summed E-state index contributed by atoms with van der Waals surface area (Å²) in [6.07, 6.45) is 4.83. The zero-order chi connectivity index (χ0) is 21.1. The Morgan fingerprint density at radius 3 is 2.67 bits per heavy atom. The minimum atomic E-state index is -3.59. The van der Waals surface area contributed by atoms with Crippen molar-refractivity contribution in [2.24, 2.45) is 0 Å². The first-order valence-corrected chi connectivity index (χ1v) is 11.6. The van der Waals surface area contributed by atoms with Gasteiger partial charge >= 0.3 is 6.03 Å². The van der Waals surface area contributed by atoms with Gasteiger partial charge in [-0.3, -0.25) is 4.98 Å². The monoisotopic (exact) mass is 430 g/mol. The van der Waals surface area contributed by atoms with Crippen molar-refractivity contribution in [1.82, 2.24) is 19.5 Å². The highest BCUT2D eigenvalue weighted by molar-refractivity contribution is 7.89. The van der Waals surface area contributed by atoms with Gasteiger partial charge in [-0.1, -0.05) is 12.1 Å². The highest BCUT2D eigenvalue weighted by Gasteiger charge is 2.29. The summed E-state index contributed by atoms with van der Waals surface area (Å²) in [5.41, 5.74) is 3.14. The van der Waals surface area contributed by atoms with Gasteiger partial charge in [0, 0.05) is 45.1 Å². The molecule has 1 saturated heterocycles. The third-order valence-electron chi connectivity index (χ3n) is 5.62. The molecule has 0 aliphatic carbocycles. The van der Waals surface area contributed by atoms with Gasteiger partial charge < -0.3 is 15.3 Å². The predicted molar refractivity (Wildman–Crippen MR) is 111 cm³/mol. The molecule has 0 spiro atoms. The number of benzene rings is 1. The zero-order valence-electron chi connectivity index (χ0n) is 16.7. The number of aliphatic hydroxyl groups excluding tert-OH is 1. The van der Waals surface area contributed by atoms with E-state index in [2.05, 4.69) is 10.3 Å². The number of sulfonamides is 1. The second-order valence-electron chi connectivity index (χ2n) is 7.79. The first-order valence-electron chi connectivity index (χ1n) is 10.2. The van der Waals surface area contributed by atoms with Crippen molar-refractivity contribution in [3.63, 3.8) is 0 Å². The SMILES string of the molecule is O=C(NCCc1ccc(S(=O)(=O)N2CCC[C@H](O)C2)cc1)N1Cc2ccncc2C1. The number of fused-ring (bicyclic) bond motifs is 1. The van der Waals surface area contributed by atoms with Crippen LogP contribution < -0.4 is 5.32 Å². The highest BCUT2D eigenvalue weighted by Crippen LogP contribution is 2.22. The van der Waals surface area contributed by atoms with Crippen LogP contribution in [-0.4, -0.2) is 59.5 Å². The van der Waals surface area contributed by atoms with Gasteiger partial charge in [0.15, 0.2) is 0 Å². The standard InChI is InChI=1S/C21H26N4O4S/c26-19-2-1-11-25(15-19)30(28,29)20-5-3-16(4-6-20)7-10-23-21(27)24-13-17-8-9-22-12-18(17)14-24/h3-6,8-9,12,19,26H,1-2,7,10-11,13-15H2,(H,23,27)/t19-/m0/s1. The Morgan fingerprint density at radius 1 is 1.17 bits per heavy atom. The summed E-state index contributed by atoms with van der Waals surface area (Å²) in [5, 5.41) is 12.7. The molecule has 0 radical (unpaired) electrons. The van der Waals surface area contributed by atoms with Crippen LogP contribution in [-0.2, 0) is 29.5 Å². The normalized spacial score (nSPS) is 19.5. The number of β-amino-alcohol motifs (C(OH)–C–C–N with tert-alkyl or cyclic N) is 1. The number of piperidine rings is 1. The number of aromatic nitrogens is 1. The summed E-state index contributed by atoms with van der Waals surface area (Å²) in [4.78, 5) is 18.4. The van der Waals surface area contributed by atoms with Gasteiger partial charge in [0.2, 0.25) is 10.0 Å². The molecule has 2 amide bonds. The van der Waals surface area contributed by atoms with Crippen molar-refractivity contribution >= 4 is 16.1 Å². The molecule has 8 nitrogen and oxygen atoms in total. The first kappa shape index (κ1) is 20.8. The van der Waals surface area contributed by atoms with Gasteiger partial charge in [-0.15, -0.1) is 0 Å². The van der Waals surface area contributed by atoms with Crippen molar-refractivity contribution in [3.05, 3.63) is 59.4 Å². The topological polar surface area (TPSA) is 103 Å². The Morgan fingerprint density at radius 2 is 1.93 bits per heavy atom. The molecule has 1 atom stereocenters. The van der Waals surface area contributed by atoms with Gasteiger partial charge in [0.25, 0.3) is 0 Å². The third kappa shape index (κ3) is 4.48. The molecule has 2 N–H and O–H groups in total. The fourth-order valence-corrected chi connectivity index (χ4v) is 5.42. The van der Waals surface area contributed by atoms with Crippen LogP contribution in [0.2, 0.25) is 0 Å². The number of hydrogen-bond acceptors (Lipinski definition) is 5. The molecule has 4 rings (SSSR count). The van der Waals surface area contributed by atoms with Gasteiger partial charge in [0.1, 0.15) is 0 Å². The van der Waals surface area contributed by atoms with E-state index in [9.17, 15) is 18.3 Å². The second kappa shape index (κ2) is 8.71. The zero-order valence-corrected chi connectivity index (χ0v) is 17.5. The summed E-state index contributed by atoms with van der Waals surface area (Å²) in [5.74, 6) is 0. The van der Waals surface area contributed by atoms with Crippen LogP contribution in [0.1, 0.15) is 29.5 Å². The number of amides is 2. The molecule has 0 bridgehead atoms. The maximum absolute atomic E-state index is 12.7.